The summed E-state index contributed by atoms with van der Waals surface area (Å²) in [6.45, 7) is 0. The molecule has 1 amide bonds. The van der Waals surface area contributed by atoms with Gasteiger partial charge in [0.05, 0.1) is 30.2 Å². The monoisotopic (exact) mass is 278 g/mol. The van der Waals surface area contributed by atoms with Crippen LogP contribution in [0.4, 0.5) is 11.4 Å². The average molecular weight is 279 g/mol. The molecule has 19 heavy (non-hydrogen) atoms. The van der Waals surface area contributed by atoms with E-state index in [4.69, 9.17) is 22.1 Å². The van der Waals surface area contributed by atoms with Gasteiger partial charge in [-0.15, -0.1) is 0 Å². The summed E-state index contributed by atoms with van der Waals surface area (Å²) in [7, 11) is 1.54. The van der Waals surface area contributed by atoms with Gasteiger partial charge in [0.1, 0.15) is 10.9 Å². The number of nitrogens with zero attached hydrogens (tertiary/aromatic N) is 2. The molecule has 0 aliphatic heterocycles. The topological polar surface area (TPSA) is 90.1 Å². The first-order valence-electron chi connectivity index (χ1n) is 5.32. The van der Waals surface area contributed by atoms with Gasteiger partial charge >= 0.3 is 0 Å². The van der Waals surface area contributed by atoms with E-state index in [1.54, 1.807) is 18.5 Å². The SMILES string of the molecule is COc1ccncc1Nc1cc(Cl)ncc1C(N)=O. The van der Waals surface area contributed by atoms with Crippen molar-refractivity contribution in [3.8, 4) is 5.75 Å². The van der Waals surface area contributed by atoms with Gasteiger partial charge in [-0.1, -0.05) is 11.6 Å². The van der Waals surface area contributed by atoms with Crippen LogP contribution in [0.15, 0.2) is 30.7 Å². The maximum atomic E-state index is 11.3. The Morgan fingerprint density at radius 3 is 2.89 bits per heavy atom. The van der Waals surface area contributed by atoms with Gasteiger partial charge in [-0.3, -0.25) is 9.78 Å². The average Bonchev–Trinajstić information content (AvgIpc) is 2.39. The molecule has 0 aromatic carbocycles. The highest BCUT2D eigenvalue weighted by atomic mass is 35.5. The number of nitrogens with one attached hydrogen (secondary N) is 1. The standard InChI is InChI=1S/C12H11ClN4O2/c1-19-10-2-3-15-6-9(10)17-8-4-11(13)16-5-7(8)12(14)18/h2-6H,1H3,(H2,14,18)(H,16,17). The van der Waals surface area contributed by atoms with Crippen LogP contribution in [0, 0.1) is 0 Å². The minimum Gasteiger partial charge on any atom is -0.494 e. The predicted octanol–water partition coefficient (Wildman–Crippen LogP) is 1.98. The van der Waals surface area contributed by atoms with Crippen LogP contribution in [0.2, 0.25) is 5.15 Å². The normalized spacial score (nSPS) is 10.0. The molecular weight excluding hydrogens is 268 g/mol. The predicted molar refractivity (Wildman–Crippen MR) is 71.8 cm³/mol. The van der Waals surface area contributed by atoms with Gasteiger partial charge in [0, 0.05) is 18.5 Å². The minimum atomic E-state index is -0.602. The summed E-state index contributed by atoms with van der Waals surface area (Å²) in [5.74, 6) is -0.0205. The van der Waals surface area contributed by atoms with Crippen molar-refractivity contribution >= 4 is 28.9 Å². The second-order valence-electron chi connectivity index (χ2n) is 3.62. The highest BCUT2D eigenvalue weighted by Crippen LogP contribution is 2.28. The van der Waals surface area contributed by atoms with Crippen molar-refractivity contribution in [1.82, 2.24) is 9.97 Å². The number of nitrogens with two attached hydrogens (primary N) is 1. The number of hydrogen-bond donors (Lipinski definition) is 2. The molecule has 2 aromatic rings. The van der Waals surface area contributed by atoms with Crippen LogP contribution in [0.5, 0.6) is 5.75 Å². The second-order valence-corrected chi connectivity index (χ2v) is 4.01. The number of primary amides is 1. The van der Waals surface area contributed by atoms with Gasteiger partial charge in [0.25, 0.3) is 5.91 Å². The molecule has 6 nitrogen and oxygen atoms in total. The lowest BCUT2D eigenvalue weighted by molar-refractivity contribution is 0.100. The molecule has 2 heterocycles. The van der Waals surface area contributed by atoms with Crippen molar-refractivity contribution in [2.24, 2.45) is 5.73 Å². The maximum absolute atomic E-state index is 11.3. The van der Waals surface area contributed by atoms with Crippen LogP contribution in [-0.2, 0) is 0 Å². The lowest BCUT2D eigenvalue weighted by Gasteiger charge is -2.12. The van der Waals surface area contributed by atoms with Crippen molar-refractivity contribution in [2.75, 3.05) is 12.4 Å². The van der Waals surface area contributed by atoms with Gasteiger partial charge < -0.3 is 15.8 Å². The largest absolute Gasteiger partial charge is 0.494 e. The third-order valence-corrected chi connectivity index (χ3v) is 2.61. The number of anilines is 2. The van der Waals surface area contributed by atoms with Crippen LogP contribution in [0.1, 0.15) is 10.4 Å². The zero-order chi connectivity index (χ0) is 13.8. The Morgan fingerprint density at radius 2 is 2.21 bits per heavy atom. The Morgan fingerprint density at radius 1 is 1.42 bits per heavy atom. The van der Waals surface area contributed by atoms with E-state index in [1.165, 1.54) is 19.4 Å². The quantitative estimate of drug-likeness (QED) is 0.835. The number of amides is 1. The van der Waals surface area contributed by atoms with Gasteiger partial charge in [-0.05, 0) is 6.07 Å². The molecule has 7 heteroatoms. The second kappa shape index (κ2) is 5.53. The van der Waals surface area contributed by atoms with Crippen molar-refractivity contribution < 1.29 is 9.53 Å². The number of pyridine rings is 2. The zero-order valence-electron chi connectivity index (χ0n) is 10.1. The summed E-state index contributed by atoms with van der Waals surface area (Å²) < 4.78 is 5.18. The number of halogens is 1. The van der Waals surface area contributed by atoms with E-state index in [9.17, 15) is 4.79 Å². The molecule has 0 atom stereocenters. The number of methoxy groups -OCH3 is 1. The van der Waals surface area contributed by atoms with Crippen LogP contribution in [0.3, 0.4) is 0 Å². The molecule has 3 N–H and O–H groups in total. The van der Waals surface area contributed by atoms with Crippen molar-refractivity contribution in [3.05, 3.63) is 41.4 Å². The molecule has 2 aromatic heterocycles. The lowest BCUT2D eigenvalue weighted by atomic mass is 10.2. The maximum Gasteiger partial charge on any atom is 0.252 e. The lowest BCUT2D eigenvalue weighted by Crippen LogP contribution is -2.14. The Hall–Kier alpha value is -2.34. The van der Waals surface area contributed by atoms with Crippen LogP contribution in [0.25, 0.3) is 0 Å². The molecule has 0 saturated heterocycles. The molecule has 98 valence electrons. The third-order valence-electron chi connectivity index (χ3n) is 2.41. The number of carbonyl (C=O) groups excluding carboxylic acids is 1. The molecule has 0 spiro atoms. The first kappa shape index (κ1) is 13.1. The van der Waals surface area contributed by atoms with Crippen molar-refractivity contribution in [2.45, 2.75) is 0 Å². The smallest absolute Gasteiger partial charge is 0.252 e. The van der Waals surface area contributed by atoms with Crippen LogP contribution in [-0.4, -0.2) is 23.0 Å². The van der Waals surface area contributed by atoms with E-state index >= 15 is 0 Å². The Kier molecular flexibility index (Phi) is 3.82. The van der Waals surface area contributed by atoms with Gasteiger partial charge in [0.2, 0.25) is 0 Å². The van der Waals surface area contributed by atoms with E-state index in [2.05, 4.69) is 15.3 Å². The summed E-state index contributed by atoms with van der Waals surface area (Å²) in [6, 6.07) is 3.20. The molecule has 0 fully saturated rings. The number of carbonyl (C=O) groups is 1. The van der Waals surface area contributed by atoms with E-state index in [0.29, 0.717) is 17.1 Å². The summed E-state index contributed by atoms with van der Waals surface area (Å²) in [4.78, 5) is 19.1. The first-order valence-corrected chi connectivity index (χ1v) is 5.70. The van der Waals surface area contributed by atoms with Crippen molar-refractivity contribution in [1.29, 1.82) is 0 Å². The molecule has 0 aliphatic rings. The summed E-state index contributed by atoms with van der Waals surface area (Å²) >= 11 is 5.81. The van der Waals surface area contributed by atoms with Crippen molar-refractivity contribution in [3.63, 3.8) is 0 Å². The summed E-state index contributed by atoms with van der Waals surface area (Å²) in [6.07, 6.45) is 4.48. The summed E-state index contributed by atoms with van der Waals surface area (Å²) in [5, 5.41) is 3.25. The fourth-order valence-corrected chi connectivity index (χ4v) is 1.69. The highest BCUT2D eigenvalue weighted by Gasteiger charge is 2.12. The van der Waals surface area contributed by atoms with Gasteiger partial charge in [-0.2, -0.15) is 0 Å². The molecule has 0 aliphatic carbocycles. The number of rotatable bonds is 4. The zero-order valence-corrected chi connectivity index (χ0v) is 10.8. The summed E-state index contributed by atoms with van der Waals surface area (Å²) in [5.41, 5.74) is 6.55. The van der Waals surface area contributed by atoms with E-state index in [0.717, 1.165) is 0 Å². The Labute approximate surface area is 114 Å². The van der Waals surface area contributed by atoms with Gasteiger partial charge in [0.15, 0.2) is 0 Å². The van der Waals surface area contributed by atoms with Crippen LogP contribution >= 0.6 is 11.6 Å². The molecular formula is C12H11ClN4O2. The molecule has 0 bridgehead atoms. The molecule has 0 radical (unpaired) electrons. The van der Waals surface area contributed by atoms with E-state index < -0.39 is 5.91 Å². The molecule has 0 saturated carbocycles. The number of ether oxygens (including phenoxy) is 1. The Balaban J connectivity index is 2.42. The fraction of sp³-hybridized carbons (Fsp3) is 0.0833. The number of hydrogen-bond acceptors (Lipinski definition) is 5. The highest BCUT2D eigenvalue weighted by molar-refractivity contribution is 6.29. The third kappa shape index (κ3) is 2.92. The minimum absolute atomic E-state index is 0.232. The first-order chi connectivity index (χ1) is 9.11. The number of aromatic nitrogens is 2. The van der Waals surface area contributed by atoms with Crippen LogP contribution < -0.4 is 15.8 Å². The van der Waals surface area contributed by atoms with E-state index in [1.807, 2.05) is 0 Å². The fourth-order valence-electron chi connectivity index (χ4n) is 1.53. The van der Waals surface area contributed by atoms with E-state index in [-0.39, 0.29) is 10.7 Å². The molecule has 0 unspecified atom stereocenters. The Bertz CT molecular complexity index is 618. The van der Waals surface area contributed by atoms with Gasteiger partial charge in [-0.25, -0.2) is 4.98 Å². The molecule has 2 rings (SSSR count).